The Balaban J connectivity index is 2.32. The van der Waals surface area contributed by atoms with Crippen molar-refractivity contribution in [2.75, 3.05) is 5.32 Å². The second-order valence-corrected chi connectivity index (χ2v) is 5.04. The van der Waals surface area contributed by atoms with Gasteiger partial charge >= 0.3 is 5.69 Å². The number of carbonyl (C=O) groups excluding carboxylic acids is 1. The van der Waals surface area contributed by atoms with Gasteiger partial charge in [0.2, 0.25) is 5.82 Å². The Bertz CT molecular complexity index is 740. The Hall–Kier alpha value is -2.77. The highest BCUT2D eigenvalue weighted by Gasteiger charge is 2.23. The van der Waals surface area contributed by atoms with Gasteiger partial charge in [-0.2, -0.15) is 4.39 Å². The molecule has 1 N–H and O–H groups in total. The van der Waals surface area contributed by atoms with Crippen LogP contribution in [-0.4, -0.2) is 16.0 Å². The molecule has 0 atom stereocenters. The van der Waals surface area contributed by atoms with E-state index in [4.69, 9.17) is 4.52 Å². The lowest BCUT2D eigenvalue weighted by atomic mass is 10.0. The Labute approximate surface area is 125 Å². The Morgan fingerprint density at radius 2 is 2.14 bits per heavy atom. The Kier molecular flexibility index (Phi) is 4.20. The number of benzene rings is 1. The fourth-order valence-electron chi connectivity index (χ4n) is 1.98. The van der Waals surface area contributed by atoms with Crippen molar-refractivity contribution in [1.82, 2.24) is 5.16 Å². The molecular weight excluding hydrogens is 293 g/mol. The molecule has 1 aromatic heterocycles. The molecule has 0 fully saturated rings. The molecule has 0 saturated heterocycles. The molecule has 1 aromatic carbocycles. The topological polar surface area (TPSA) is 98.3 Å². The van der Waals surface area contributed by atoms with Gasteiger partial charge in [0, 0.05) is 17.7 Å². The number of nitrogens with zero attached hydrogens (tertiary/aromatic N) is 2. The number of nitrogens with one attached hydrogen (secondary N) is 1. The monoisotopic (exact) mass is 307 g/mol. The largest absolute Gasteiger partial charge is 0.360 e. The van der Waals surface area contributed by atoms with Gasteiger partial charge in [-0.15, -0.1) is 0 Å². The first-order valence-electron chi connectivity index (χ1n) is 6.52. The highest BCUT2D eigenvalue weighted by atomic mass is 19.1. The molecule has 0 saturated carbocycles. The maximum atomic E-state index is 13.3. The summed E-state index contributed by atoms with van der Waals surface area (Å²) < 4.78 is 18.4. The van der Waals surface area contributed by atoms with Crippen molar-refractivity contribution < 1.29 is 18.6 Å². The molecule has 0 aliphatic carbocycles. The third-order valence-corrected chi connectivity index (χ3v) is 3.04. The van der Waals surface area contributed by atoms with E-state index in [1.54, 1.807) is 6.92 Å². The number of anilines is 1. The van der Waals surface area contributed by atoms with Gasteiger partial charge in [-0.1, -0.05) is 19.0 Å². The van der Waals surface area contributed by atoms with Gasteiger partial charge in [0.05, 0.1) is 10.6 Å². The van der Waals surface area contributed by atoms with Crippen molar-refractivity contribution in [2.24, 2.45) is 0 Å². The van der Waals surface area contributed by atoms with Crippen LogP contribution in [-0.2, 0) is 0 Å². The summed E-state index contributed by atoms with van der Waals surface area (Å²) >= 11 is 0. The first-order chi connectivity index (χ1) is 10.3. The SMILES string of the molecule is Cc1noc(C(C)C)c1C(=O)Nc1ccc(F)c([N+](=O)[O-])c1. The number of hydrogen-bond donors (Lipinski definition) is 1. The van der Waals surface area contributed by atoms with Crippen molar-refractivity contribution >= 4 is 17.3 Å². The molecule has 2 aromatic rings. The minimum Gasteiger partial charge on any atom is -0.360 e. The van der Waals surface area contributed by atoms with E-state index in [1.807, 2.05) is 13.8 Å². The zero-order valence-corrected chi connectivity index (χ0v) is 12.2. The van der Waals surface area contributed by atoms with Gasteiger partial charge in [0.25, 0.3) is 5.91 Å². The number of nitro groups is 1. The van der Waals surface area contributed by atoms with Crippen LogP contribution < -0.4 is 5.32 Å². The van der Waals surface area contributed by atoms with E-state index in [0.29, 0.717) is 11.5 Å². The summed E-state index contributed by atoms with van der Waals surface area (Å²) in [7, 11) is 0. The van der Waals surface area contributed by atoms with Gasteiger partial charge in [-0.05, 0) is 19.1 Å². The molecule has 7 nitrogen and oxygen atoms in total. The van der Waals surface area contributed by atoms with Crippen LogP contribution in [0.2, 0.25) is 0 Å². The third-order valence-electron chi connectivity index (χ3n) is 3.04. The zero-order valence-electron chi connectivity index (χ0n) is 12.2. The van der Waals surface area contributed by atoms with Crippen molar-refractivity contribution in [3.05, 3.63) is 51.1 Å². The number of rotatable bonds is 4. The van der Waals surface area contributed by atoms with Crippen molar-refractivity contribution in [3.8, 4) is 0 Å². The molecule has 8 heteroatoms. The number of aromatic nitrogens is 1. The molecule has 1 heterocycles. The Morgan fingerprint density at radius 3 is 2.73 bits per heavy atom. The zero-order chi connectivity index (χ0) is 16.4. The van der Waals surface area contributed by atoms with Gasteiger partial charge in [-0.3, -0.25) is 14.9 Å². The van der Waals surface area contributed by atoms with Crippen LogP contribution in [0.3, 0.4) is 0 Å². The van der Waals surface area contributed by atoms with Crippen LogP contribution in [0.1, 0.15) is 41.6 Å². The average Bonchev–Trinajstić information content (AvgIpc) is 2.82. The number of hydrogen-bond acceptors (Lipinski definition) is 5. The number of carbonyl (C=O) groups is 1. The normalized spacial score (nSPS) is 10.8. The van der Waals surface area contributed by atoms with Crippen LogP contribution in [0, 0.1) is 22.9 Å². The molecule has 1 amide bonds. The highest BCUT2D eigenvalue weighted by Crippen LogP contribution is 2.25. The number of nitro benzene ring substituents is 1. The summed E-state index contributed by atoms with van der Waals surface area (Å²) in [5.74, 6) is -1.11. The second-order valence-electron chi connectivity index (χ2n) is 5.04. The van der Waals surface area contributed by atoms with Crippen LogP contribution in [0.25, 0.3) is 0 Å². The lowest BCUT2D eigenvalue weighted by molar-refractivity contribution is -0.387. The molecule has 116 valence electrons. The summed E-state index contributed by atoms with van der Waals surface area (Å²) in [5.41, 5.74) is 0.108. The Morgan fingerprint density at radius 1 is 1.45 bits per heavy atom. The van der Waals surface area contributed by atoms with Crippen LogP contribution >= 0.6 is 0 Å². The minimum atomic E-state index is -0.966. The fourth-order valence-corrected chi connectivity index (χ4v) is 1.98. The quantitative estimate of drug-likeness (QED) is 0.689. The van der Waals surface area contributed by atoms with Crippen molar-refractivity contribution in [2.45, 2.75) is 26.7 Å². The number of amides is 1. The molecular formula is C14H14FN3O4. The maximum Gasteiger partial charge on any atom is 0.306 e. The van der Waals surface area contributed by atoms with E-state index in [0.717, 1.165) is 12.1 Å². The lowest BCUT2D eigenvalue weighted by Gasteiger charge is -2.07. The first-order valence-corrected chi connectivity index (χ1v) is 6.52. The second kappa shape index (κ2) is 5.92. The predicted molar refractivity (Wildman–Crippen MR) is 76.3 cm³/mol. The van der Waals surface area contributed by atoms with E-state index in [2.05, 4.69) is 10.5 Å². The summed E-state index contributed by atoms with van der Waals surface area (Å²) in [6.07, 6.45) is 0. The fraction of sp³-hybridized carbons (Fsp3) is 0.286. The van der Waals surface area contributed by atoms with Crippen LogP contribution in [0.4, 0.5) is 15.8 Å². The maximum absolute atomic E-state index is 13.3. The molecule has 0 aliphatic heterocycles. The smallest absolute Gasteiger partial charge is 0.306 e. The summed E-state index contributed by atoms with van der Waals surface area (Å²) in [4.78, 5) is 22.2. The predicted octanol–water partition coefficient (Wildman–Crippen LogP) is 3.41. The first kappa shape index (κ1) is 15.6. The number of halogens is 1. The molecule has 0 spiro atoms. The van der Waals surface area contributed by atoms with Crippen molar-refractivity contribution in [3.63, 3.8) is 0 Å². The molecule has 0 bridgehead atoms. The van der Waals surface area contributed by atoms with Crippen LogP contribution in [0.15, 0.2) is 22.7 Å². The van der Waals surface area contributed by atoms with E-state index in [-0.39, 0.29) is 17.2 Å². The highest BCUT2D eigenvalue weighted by molar-refractivity contribution is 6.05. The van der Waals surface area contributed by atoms with Gasteiger partial charge in [0.15, 0.2) is 5.76 Å². The summed E-state index contributed by atoms with van der Waals surface area (Å²) in [5, 5.41) is 17.0. The van der Waals surface area contributed by atoms with E-state index >= 15 is 0 Å². The third kappa shape index (κ3) is 2.95. The van der Waals surface area contributed by atoms with Gasteiger partial charge in [0.1, 0.15) is 5.56 Å². The lowest BCUT2D eigenvalue weighted by Crippen LogP contribution is -2.15. The van der Waals surface area contributed by atoms with Crippen LogP contribution in [0.5, 0.6) is 0 Å². The van der Waals surface area contributed by atoms with Gasteiger partial charge in [-0.25, -0.2) is 0 Å². The van der Waals surface area contributed by atoms with E-state index < -0.39 is 22.3 Å². The summed E-state index contributed by atoms with van der Waals surface area (Å²) in [6, 6.07) is 3.14. The molecule has 0 aliphatic rings. The molecule has 2 rings (SSSR count). The molecule has 0 radical (unpaired) electrons. The van der Waals surface area contributed by atoms with Gasteiger partial charge < -0.3 is 9.84 Å². The molecule has 0 unspecified atom stereocenters. The standard InChI is InChI=1S/C14H14FN3O4/c1-7(2)13-12(8(3)17-22-13)14(19)16-9-4-5-10(15)11(6-9)18(20)21/h4-7H,1-3H3,(H,16,19). The van der Waals surface area contributed by atoms with E-state index in [1.165, 1.54) is 6.07 Å². The molecule has 22 heavy (non-hydrogen) atoms. The van der Waals surface area contributed by atoms with Crippen molar-refractivity contribution in [1.29, 1.82) is 0 Å². The minimum absolute atomic E-state index is 0.0514. The summed E-state index contributed by atoms with van der Waals surface area (Å²) in [6.45, 7) is 5.32. The van der Waals surface area contributed by atoms with E-state index in [9.17, 15) is 19.3 Å². The number of aryl methyl sites for hydroxylation is 1. The average molecular weight is 307 g/mol.